The van der Waals surface area contributed by atoms with E-state index in [4.69, 9.17) is 4.52 Å². The van der Waals surface area contributed by atoms with Crippen LogP contribution in [0.3, 0.4) is 0 Å². The molecule has 0 aliphatic heterocycles. The number of thiazole rings is 1. The topological polar surface area (TPSA) is 92.9 Å². The molecule has 130 valence electrons. The zero-order valence-electron chi connectivity index (χ0n) is 13.8. The number of carbonyl (C=O) groups is 1. The van der Waals surface area contributed by atoms with Gasteiger partial charge in [-0.3, -0.25) is 4.79 Å². The zero-order valence-corrected chi connectivity index (χ0v) is 14.6. The van der Waals surface area contributed by atoms with E-state index in [2.05, 4.69) is 25.8 Å². The third kappa shape index (κ3) is 4.18. The van der Waals surface area contributed by atoms with Crippen molar-refractivity contribution in [3.8, 4) is 0 Å². The Balaban J connectivity index is 1.66. The molecule has 0 fully saturated rings. The van der Waals surface area contributed by atoms with Crippen LogP contribution < -0.4 is 10.6 Å². The summed E-state index contributed by atoms with van der Waals surface area (Å²) in [7, 11) is 0. The molecule has 0 atom stereocenters. The molecule has 2 N–H and O–H groups in total. The Kier molecular flexibility index (Phi) is 4.49. The number of hydrogen-bond donors (Lipinski definition) is 2. The van der Waals surface area contributed by atoms with Crippen LogP contribution >= 0.6 is 11.3 Å². The largest absolute Gasteiger partial charge is 0.359 e. The highest BCUT2D eigenvalue weighted by Gasteiger charge is 2.21. The van der Waals surface area contributed by atoms with Crippen molar-refractivity contribution >= 4 is 33.9 Å². The van der Waals surface area contributed by atoms with E-state index in [1.54, 1.807) is 11.4 Å². The molecule has 9 heteroatoms. The second-order valence-electron chi connectivity index (χ2n) is 6.31. The van der Waals surface area contributed by atoms with Crippen LogP contribution in [0.1, 0.15) is 37.0 Å². The molecule has 0 aliphatic rings. The van der Waals surface area contributed by atoms with E-state index in [-0.39, 0.29) is 11.1 Å². The molecule has 0 saturated heterocycles. The maximum atomic E-state index is 12.8. The van der Waals surface area contributed by atoms with Gasteiger partial charge in [-0.2, -0.15) is 4.39 Å². The second-order valence-corrected chi connectivity index (χ2v) is 7.17. The molecule has 3 aromatic heterocycles. The minimum atomic E-state index is -0.563. The average Bonchev–Trinajstić information content (AvgIpc) is 3.18. The number of pyridine rings is 1. The molecule has 3 aromatic rings. The van der Waals surface area contributed by atoms with Gasteiger partial charge in [-0.1, -0.05) is 25.9 Å². The first kappa shape index (κ1) is 17.0. The van der Waals surface area contributed by atoms with Crippen LogP contribution in [0.2, 0.25) is 0 Å². The lowest BCUT2D eigenvalue weighted by molar-refractivity contribution is 0.102. The average molecular weight is 361 g/mol. The number of rotatable bonds is 4. The van der Waals surface area contributed by atoms with Gasteiger partial charge in [0, 0.05) is 16.9 Å². The van der Waals surface area contributed by atoms with Crippen molar-refractivity contribution in [2.45, 2.75) is 26.2 Å². The molecule has 3 rings (SSSR count). The maximum Gasteiger partial charge on any atom is 0.276 e. The lowest BCUT2D eigenvalue weighted by Gasteiger charge is -2.11. The van der Waals surface area contributed by atoms with Crippen LogP contribution in [-0.4, -0.2) is 21.0 Å². The number of carbonyl (C=O) groups excluding carboxylic acids is 1. The Morgan fingerprint density at radius 1 is 1.32 bits per heavy atom. The van der Waals surface area contributed by atoms with Crippen molar-refractivity contribution in [2.24, 2.45) is 0 Å². The van der Waals surface area contributed by atoms with E-state index in [1.165, 1.54) is 29.7 Å². The van der Waals surface area contributed by atoms with Gasteiger partial charge in [-0.25, -0.2) is 9.97 Å². The highest BCUT2D eigenvalue weighted by molar-refractivity contribution is 7.14. The zero-order chi connectivity index (χ0) is 18.0. The summed E-state index contributed by atoms with van der Waals surface area (Å²) in [6.07, 6.45) is 1.35. The molecular formula is C16H16FN5O2S. The van der Waals surface area contributed by atoms with Gasteiger partial charge in [0.1, 0.15) is 11.5 Å². The predicted octanol–water partition coefficient (Wildman–Crippen LogP) is 3.96. The van der Waals surface area contributed by atoms with Gasteiger partial charge in [-0.05, 0) is 12.1 Å². The van der Waals surface area contributed by atoms with Crippen molar-refractivity contribution in [1.82, 2.24) is 15.1 Å². The van der Waals surface area contributed by atoms with E-state index in [1.807, 2.05) is 20.8 Å². The molecule has 0 aliphatic carbocycles. The number of amides is 1. The summed E-state index contributed by atoms with van der Waals surface area (Å²) in [4.78, 5) is 20.0. The van der Waals surface area contributed by atoms with Crippen LogP contribution in [0.4, 0.5) is 21.0 Å². The molecule has 0 spiro atoms. The highest BCUT2D eigenvalue weighted by Crippen LogP contribution is 2.25. The summed E-state index contributed by atoms with van der Waals surface area (Å²) in [5.41, 5.74) is 0.619. The van der Waals surface area contributed by atoms with Crippen LogP contribution in [0.25, 0.3) is 0 Å². The predicted molar refractivity (Wildman–Crippen MR) is 92.7 cm³/mol. The summed E-state index contributed by atoms with van der Waals surface area (Å²) in [6, 6.07) is 4.46. The summed E-state index contributed by atoms with van der Waals surface area (Å²) in [5.74, 6) is 0.0506. The normalized spacial score (nSPS) is 11.4. The van der Waals surface area contributed by atoms with Crippen molar-refractivity contribution in [1.29, 1.82) is 0 Å². The van der Waals surface area contributed by atoms with Crippen LogP contribution in [0.15, 0.2) is 34.3 Å². The summed E-state index contributed by atoms with van der Waals surface area (Å²) >= 11 is 1.25. The minimum absolute atomic E-state index is 0.198. The fraction of sp³-hybridized carbons (Fsp3) is 0.250. The molecule has 3 heterocycles. The first-order valence-electron chi connectivity index (χ1n) is 7.44. The summed E-state index contributed by atoms with van der Waals surface area (Å²) in [5, 5.41) is 11.5. The molecule has 7 nitrogen and oxygen atoms in total. The van der Waals surface area contributed by atoms with Gasteiger partial charge in [0.15, 0.2) is 10.9 Å². The van der Waals surface area contributed by atoms with Gasteiger partial charge in [0.05, 0.1) is 11.9 Å². The maximum absolute atomic E-state index is 12.8. The lowest BCUT2D eigenvalue weighted by atomic mass is 9.93. The Morgan fingerprint density at radius 3 is 2.76 bits per heavy atom. The first-order valence-corrected chi connectivity index (χ1v) is 8.32. The number of halogens is 1. The van der Waals surface area contributed by atoms with Crippen LogP contribution in [0, 0.1) is 5.95 Å². The minimum Gasteiger partial charge on any atom is -0.359 e. The Morgan fingerprint density at radius 2 is 2.12 bits per heavy atom. The fourth-order valence-electron chi connectivity index (χ4n) is 1.88. The quantitative estimate of drug-likeness (QED) is 0.683. The Bertz CT molecular complexity index is 883. The summed E-state index contributed by atoms with van der Waals surface area (Å²) in [6.45, 7) is 5.96. The van der Waals surface area contributed by atoms with E-state index in [0.29, 0.717) is 22.4 Å². The van der Waals surface area contributed by atoms with Gasteiger partial charge >= 0.3 is 0 Å². The molecule has 0 unspecified atom stereocenters. The molecule has 1 amide bonds. The monoisotopic (exact) mass is 361 g/mol. The third-order valence-corrected chi connectivity index (χ3v) is 3.96. The number of nitrogens with one attached hydrogen (secondary N) is 2. The standard InChI is InChI=1S/C16H16FN5O2S/c1-16(2,3)11-6-13(22-24-11)21-14(23)10-8-25-15(20-10)19-9-4-5-12(17)18-7-9/h4-8H,1-3H3,(H,19,20)(H,21,22,23). The van der Waals surface area contributed by atoms with E-state index in [0.717, 1.165) is 0 Å². The number of nitrogens with zero attached hydrogens (tertiary/aromatic N) is 3. The smallest absolute Gasteiger partial charge is 0.276 e. The van der Waals surface area contributed by atoms with E-state index < -0.39 is 11.9 Å². The van der Waals surface area contributed by atoms with Gasteiger partial charge in [0.2, 0.25) is 5.95 Å². The third-order valence-electron chi connectivity index (χ3n) is 3.21. The van der Waals surface area contributed by atoms with Crippen molar-refractivity contribution in [3.63, 3.8) is 0 Å². The van der Waals surface area contributed by atoms with Crippen molar-refractivity contribution in [2.75, 3.05) is 10.6 Å². The molecule has 0 bridgehead atoms. The van der Waals surface area contributed by atoms with E-state index in [9.17, 15) is 9.18 Å². The van der Waals surface area contributed by atoms with Gasteiger partial charge < -0.3 is 15.2 Å². The van der Waals surface area contributed by atoms with Crippen molar-refractivity contribution < 1.29 is 13.7 Å². The molecule has 0 aromatic carbocycles. The fourth-order valence-corrected chi connectivity index (χ4v) is 2.59. The number of hydrogen-bond acceptors (Lipinski definition) is 7. The van der Waals surface area contributed by atoms with Gasteiger partial charge in [0.25, 0.3) is 5.91 Å². The highest BCUT2D eigenvalue weighted by atomic mass is 32.1. The Hall–Kier alpha value is -2.81. The van der Waals surface area contributed by atoms with E-state index >= 15 is 0 Å². The number of aromatic nitrogens is 3. The van der Waals surface area contributed by atoms with Crippen molar-refractivity contribution in [3.05, 3.63) is 47.2 Å². The first-order chi connectivity index (χ1) is 11.8. The SMILES string of the molecule is CC(C)(C)c1cc(NC(=O)c2csc(Nc3ccc(F)nc3)n2)no1. The molecular weight excluding hydrogens is 345 g/mol. The van der Waals surface area contributed by atoms with Crippen LogP contribution in [-0.2, 0) is 5.41 Å². The van der Waals surface area contributed by atoms with Gasteiger partial charge in [-0.15, -0.1) is 11.3 Å². The van der Waals surface area contributed by atoms with Crippen LogP contribution in [0.5, 0.6) is 0 Å². The molecule has 0 radical (unpaired) electrons. The Labute approximate surface area is 147 Å². The summed E-state index contributed by atoms with van der Waals surface area (Å²) < 4.78 is 18.0. The molecule has 0 saturated carbocycles. The molecule has 25 heavy (non-hydrogen) atoms. The second kappa shape index (κ2) is 6.60. The lowest BCUT2D eigenvalue weighted by Crippen LogP contribution is -2.13. The number of anilines is 3.